The lowest BCUT2D eigenvalue weighted by Gasteiger charge is -2.28. The summed E-state index contributed by atoms with van der Waals surface area (Å²) in [6, 6.07) is 7.98. The number of cyclic esters (lactones) is 4. The Kier molecular flexibility index (Phi) is 3.29. The molecule has 1 N–H and O–H groups in total. The van der Waals surface area contributed by atoms with Crippen LogP contribution in [0.2, 0.25) is 0 Å². The van der Waals surface area contributed by atoms with Crippen molar-refractivity contribution in [3.05, 3.63) is 69.8 Å². The number of carbonyl (C=O) groups is 5. The van der Waals surface area contributed by atoms with Crippen molar-refractivity contribution < 1.29 is 38.6 Å². The second kappa shape index (κ2) is 5.34. The summed E-state index contributed by atoms with van der Waals surface area (Å²) in [6.45, 7) is 1.34. The standard InChI is InChI=1S/C19H10O8/c1-19-10-6-2-4-8(12(10)14(20)21)15(22)26-17(24)13-9(5-3-7-11(13)19)16(23)27-18(19)25/h2-7H,1H3,(H,20,21). The summed E-state index contributed by atoms with van der Waals surface area (Å²) in [7, 11) is 0. The van der Waals surface area contributed by atoms with Gasteiger partial charge in [0, 0.05) is 0 Å². The highest BCUT2D eigenvalue weighted by Gasteiger charge is 2.50. The van der Waals surface area contributed by atoms with Crippen LogP contribution in [0.3, 0.4) is 0 Å². The molecule has 2 aliphatic heterocycles. The minimum atomic E-state index is -1.83. The summed E-state index contributed by atoms with van der Waals surface area (Å²) in [5, 5.41) is 9.69. The predicted molar refractivity (Wildman–Crippen MR) is 86.5 cm³/mol. The van der Waals surface area contributed by atoms with Crippen LogP contribution < -0.4 is 0 Å². The Balaban J connectivity index is 2.24. The number of esters is 4. The first-order chi connectivity index (χ1) is 12.8. The van der Waals surface area contributed by atoms with Gasteiger partial charge in [0.1, 0.15) is 5.41 Å². The van der Waals surface area contributed by atoms with Gasteiger partial charge in [-0.05, 0) is 30.2 Å². The van der Waals surface area contributed by atoms with E-state index < -0.39 is 40.8 Å². The highest BCUT2D eigenvalue weighted by atomic mass is 16.6. The van der Waals surface area contributed by atoms with E-state index in [0.29, 0.717) is 0 Å². The Hall–Kier alpha value is -3.81. The molecule has 8 nitrogen and oxygen atoms in total. The zero-order valence-corrected chi connectivity index (χ0v) is 13.8. The van der Waals surface area contributed by atoms with Crippen LogP contribution in [0.5, 0.6) is 0 Å². The first-order valence-electron chi connectivity index (χ1n) is 7.80. The fourth-order valence-electron chi connectivity index (χ4n) is 3.52. The molecule has 27 heavy (non-hydrogen) atoms. The van der Waals surface area contributed by atoms with Gasteiger partial charge in [-0.3, -0.25) is 4.79 Å². The Bertz CT molecular complexity index is 1100. The number of carboxylic acids is 1. The highest BCUT2D eigenvalue weighted by molar-refractivity contribution is 6.17. The van der Waals surface area contributed by atoms with Crippen LogP contribution in [0, 0.1) is 0 Å². The molecule has 1 unspecified atom stereocenters. The van der Waals surface area contributed by atoms with E-state index in [0.717, 1.165) is 0 Å². The minimum absolute atomic E-state index is 0.0233. The molecule has 0 fully saturated rings. The van der Waals surface area contributed by atoms with Crippen LogP contribution in [0.15, 0.2) is 36.4 Å². The topological polar surface area (TPSA) is 124 Å². The maximum Gasteiger partial charge on any atom is 0.347 e. The molecule has 0 radical (unpaired) electrons. The summed E-state index contributed by atoms with van der Waals surface area (Å²) in [4.78, 5) is 62.2. The van der Waals surface area contributed by atoms with Crippen molar-refractivity contribution >= 4 is 29.8 Å². The number of carbonyl (C=O) groups excluding carboxylic acids is 4. The van der Waals surface area contributed by atoms with Crippen molar-refractivity contribution in [3.8, 4) is 0 Å². The molecule has 2 heterocycles. The molecule has 0 saturated heterocycles. The van der Waals surface area contributed by atoms with Crippen molar-refractivity contribution in [3.63, 3.8) is 0 Å². The van der Waals surface area contributed by atoms with Gasteiger partial charge in [0.25, 0.3) is 0 Å². The smallest absolute Gasteiger partial charge is 0.347 e. The maximum absolute atomic E-state index is 12.9. The largest absolute Gasteiger partial charge is 0.478 e. The molecule has 2 aromatic carbocycles. The Morgan fingerprint density at radius 2 is 1.44 bits per heavy atom. The van der Waals surface area contributed by atoms with E-state index in [1.54, 1.807) is 0 Å². The molecule has 6 bridgehead atoms. The van der Waals surface area contributed by atoms with Crippen LogP contribution in [-0.2, 0) is 19.7 Å². The van der Waals surface area contributed by atoms with E-state index in [4.69, 9.17) is 9.47 Å². The van der Waals surface area contributed by atoms with Gasteiger partial charge in [0.2, 0.25) is 0 Å². The lowest BCUT2D eigenvalue weighted by atomic mass is 9.72. The molecule has 134 valence electrons. The second-order valence-corrected chi connectivity index (χ2v) is 6.24. The van der Waals surface area contributed by atoms with Crippen molar-refractivity contribution in [2.24, 2.45) is 0 Å². The quantitative estimate of drug-likeness (QED) is 0.597. The molecule has 4 rings (SSSR count). The first kappa shape index (κ1) is 16.6. The molecule has 0 amide bonds. The molecule has 0 spiro atoms. The lowest BCUT2D eigenvalue weighted by molar-refractivity contribution is -0.142. The van der Waals surface area contributed by atoms with Crippen LogP contribution >= 0.6 is 0 Å². The molecule has 0 aliphatic carbocycles. The van der Waals surface area contributed by atoms with Gasteiger partial charge in [0.05, 0.1) is 22.3 Å². The Morgan fingerprint density at radius 3 is 2.11 bits per heavy atom. The molecule has 2 aromatic rings. The molecule has 2 aliphatic rings. The van der Waals surface area contributed by atoms with E-state index in [1.165, 1.54) is 43.3 Å². The Labute approximate surface area is 151 Å². The van der Waals surface area contributed by atoms with Crippen molar-refractivity contribution in [1.29, 1.82) is 0 Å². The summed E-state index contributed by atoms with van der Waals surface area (Å²) < 4.78 is 9.70. The maximum atomic E-state index is 12.9. The van der Waals surface area contributed by atoms with E-state index in [9.17, 15) is 29.1 Å². The summed E-state index contributed by atoms with van der Waals surface area (Å²) in [5.41, 5.74) is -3.31. The molecule has 0 saturated carbocycles. The molecule has 0 aromatic heterocycles. The number of aromatic carboxylic acids is 1. The molecule has 8 heteroatoms. The third-order valence-electron chi connectivity index (χ3n) is 4.84. The minimum Gasteiger partial charge on any atom is -0.478 e. The lowest BCUT2D eigenvalue weighted by Crippen LogP contribution is -2.37. The van der Waals surface area contributed by atoms with Crippen LogP contribution in [-0.4, -0.2) is 35.0 Å². The van der Waals surface area contributed by atoms with Gasteiger partial charge in [-0.25, -0.2) is 19.2 Å². The normalized spacial score (nSPS) is 20.6. The number of rotatable bonds is 1. The summed E-state index contributed by atoms with van der Waals surface area (Å²) in [6.07, 6.45) is 0. The number of benzene rings is 2. The zero-order valence-electron chi connectivity index (χ0n) is 13.8. The summed E-state index contributed by atoms with van der Waals surface area (Å²) in [5.74, 6) is -5.99. The van der Waals surface area contributed by atoms with Gasteiger partial charge < -0.3 is 14.6 Å². The van der Waals surface area contributed by atoms with Crippen LogP contribution in [0.1, 0.15) is 59.5 Å². The second-order valence-electron chi connectivity index (χ2n) is 6.24. The van der Waals surface area contributed by atoms with Gasteiger partial charge in [-0.15, -0.1) is 0 Å². The zero-order chi connectivity index (χ0) is 19.5. The average molecular weight is 366 g/mol. The first-order valence-corrected chi connectivity index (χ1v) is 7.80. The SMILES string of the molecule is CC12C(=O)OC(=O)c3cccc1c3C(=O)OC(=O)c1cccc2c1C(=O)O. The summed E-state index contributed by atoms with van der Waals surface area (Å²) >= 11 is 0. The van der Waals surface area contributed by atoms with Gasteiger partial charge >= 0.3 is 29.8 Å². The van der Waals surface area contributed by atoms with Gasteiger partial charge in [-0.2, -0.15) is 0 Å². The highest BCUT2D eigenvalue weighted by Crippen LogP contribution is 2.42. The number of ether oxygens (including phenoxy) is 2. The third-order valence-corrected chi connectivity index (χ3v) is 4.84. The molecular weight excluding hydrogens is 356 g/mol. The van der Waals surface area contributed by atoms with E-state index >= 15 is 0 Å². The van der Waals surface area contributed by atoms with E-state index in [2.05, 4.69) is 0 Å². The van der Waals surface area contributed by atoms with Crippen molar-refractivity contribution in [1.82, 2.24) is 0 Å². The van der Waals surface area contributed by atoms with Crippen LogP contribution in [0.25, 0.3) is 0 Å². The number of carboxylic acid groups (broad SMARTS) is 1. The Morgan fingerprint density at radius 1 is 0.852 bits per heavy atom. The van der Waals surface area contributed by atoms with Crippen molar-refractivity contribution in [2.45, 2.75) is 12.3 Å². The van der Waals surface area contributed by atoms with Crippen LogP contribution in [0.4, 0.5) is 0 Å². The number of fused-ring (bicyclic) bond motifs is 3. The fraction of sp³-hybridized carbons (Fsp3) is 0.105. The van der Waals surface area contributed by atoms with Gasteiger partial charge in [-0.1, -0.05) is 24.3 Å². The monoisotopic (exact) mass is 366 g/mol. The fourth-order valence-corrected chi connectivity index (χ4v) is 3.52. The van der Waals surface area contributed by atoms with Gasteiger partial charge in [0.15, 0.2) is 0 Å². The average Bonchev–Trinajstić information content (AvgIpc) is 2.67. The number of hydrogen-bond donors (Lipinski definition) is 1. The van der Waals surface area contributed by atoms with E-state index in [1.807, 2.05) is 0 Å². The number of hydrogen-bond acceptors (Lipinski definition) is 7. The molecular formula is C19H10O8. The van der Waals surface area contributed by atoms with Crippen molar-refractivity contribution in [2.75, 3.05) is 0 Å². The third kappa shape index (κ3) is 2.06. The van der Waals surface area contributed by atoms with E-state index in [-0.39, 0.29) is 27.8 Å². The molecule has 1 atom stereocenters. The predicted octanol–water partition coefficient (Wildman–Crippen LogP) is 1.70.